The number of imidazole rings is 1. The predicted molar refractivity (Wildman–Crippen MR) is 102 cm³/mol. The first-order chi connectivity index (χ1) is 12.8. The molecule has 9 heteroatoms. The molecule has 1 aliphatic heterocycles. The first-order valence-electron chi connectivity index (χ1n) is 8.41. The highest BCUT2D eigenvalue weighted by molar-refractivity contribution is 7.90. The molecule has 7 nitrogen and oxygen atoms in total. The molecule has 1 aliphatic rings. The summed E-state index contributed by atoms with van der Waals surface area (Å²) in [7, 11) is -3.36. The van der Waals surface area contributed by atoms with Crippen molar-refractivity contribution in [3.63, 3.8) is 0 Å². The van der Waals surface area contributed by atoms with E-state index in [9.17, 15) is 13.2 Å². The third-order valence-electron chi connectivity index (χ3n) is 4.80. The van der Waals surface area contributed by atoms with E-state index in [0.717, 1.165) is 11.8 Å². The van der Waals surface area contributed by atoms with Crippen LogP contribution in [0.1, 0.15) is 34.8 Å². The molecule has 2 aromatic heterocycles. The van der Waals surface area contributed by atoms with Gasteiger partial charge in [0.15, 0.2) is 20.7 Å². The number of carbonyl (C=O) groups is 1. The lowest BCUT2D eigenvalue weighted by molar-refractivity contribution is 0.0664. The topological polar surface area (TPSA) is 96.0 Å². The van der Waals surface area contributed by atoms with E-state index in [4.69, 9.17) is 11.6 Å². The number of nitrogens with one attached hydrogen (secondary N) is 1. The molecule has 0 saturated carbocycles. The number of pyridine rings is 1. The predicted octanol–water partition coefficient (Wildman–Crippen LogP) is 2.77. The van der Waals surface area contributed by atoms with Crippen LogP contribution in [0.25, 0.3) is 11.0 Å². The molecular formula is C18H17ClN4O3S. The van der Waals surface area contributed by atoms with Crippen molar-refractivity contribution >= 4 is 38.4 Å². The molecule has 0 radical (unpaired) electrons. The monoisotopic (exact) mass is 404 g/mol. The lowest BCUT2D eigenvalue weighted by Gasteiger charge is -2.34. The minimum absolute atomic E-state index is 0.0557. The van der Waals surface area contributed by atoms with Crippen molar-refractivity contribution in [2.24, 2.45) is 0 Å². The molecule has 140 valence electrons. The summed E-state index contributed by atoms with van der Waals surface area (Å²) in [4.78, 5) is 26.3. The number of aromatic amines is 1. The van der Waals surface area contributed by atoms with Crippen molar-refractivity contribution in [2.75, 3.05) is 12.8 Å². The highest BCUT2D eigenvalue weighted by atomic mass is 35.5. The van der Waals surface area contributed by atoms with Gasteiger partial charge in [-0.3, -0.25) is 4.79 Å². The summed E-state index contributed by atoms with van der Waals surface area (Å²) in [5.41, 5.74) is 2.82. The molecule has 1 N–H and O–H groups in total. The maximum atomic E-state index is 13.0. The van der Waals surface area contributed by atoms with E-state index in [1.54, 1.807) is 29.2 Å². The van der Waals surface area contributed by atoms with Gasteiger partial charge in [-0.25, -0.2) is 18.4 Å². The number of halogens is 1. The number of sulfone groups is 1. The van der Waals surface area contributed by atoms with Crippen molar-refractivity contribution in [3.05, 3.63) is 52.4 Å². The number of amides is 1. The van der Waals surface area contributed by atoms with Crippen molar-refractivity contribution in [1.82, 2.24) is 19.9 Å². The number of fused-ring (bicyclic) bond motifs is 2. The Kier molecular flexibility index (Phi) is 4.20. The zero-order valence-corrected chi connectivity index (χ0v) is 16.3. The van der Waals surface area contributed by atoms with Crippen LogP contribution in [0.3, 0.4) is 0 Å². The SMILES string of the molecule is CC1c2ccc(S(C)(=O)=O)nc2CCN1C(=O)c1nc2cccc(Cl)c2[nH]1. The van der Waals surface area contributed by atoms with Gasteiger partial charge in [0, 0.05) is 24.9 Å². The zero-order valence-electron chi connectivity index (χ0n) is 14.7. The van der Waals surface area contributed by atoms with E-state index in [1.807, 2.05) is 6.92 Å². The molecule has 0 spiro atoms. The average Bonchev–Trinajstić information content (AvgIpc) is 3.06. The maximum Gasteiger partial charge on any atom is 0.290 e. The van der Waals surface area contributed by atoms with Gasteiger partial charge in [0.1, 0.15) is 0 Å². The molecule has 1 aromatic carbocycles. The summed E-state index contributed by atoms with van der Waals surface area (Å²) in [6.45, 7) is 2.32. The zero-order chi connectivity index (χ0) is 19.3. The average molecular weight is 405 g/mol. The van der Waals surface area contributed by atoms with Crippen molar-refractivity contribution in [3.8, 4) is 0 Å². The van der Waals surface area contributed by atoms with Gasteiger partial charge in [-0.15, -0.1) is 0 Å². The number of benzene rings is 1. The van der Waals surface area contributed by atoms with Crippen LogP contribution in [0.2, 0.25) is 5.02 Å². The van der Waals surface area contributed by atoms with E-state index in [1.165, 1.54) is 6.07 Å². The van der Waals surface area contributed by atoms with Crippen molar-refractivity contribution < 1.29 is 13.2 Å². The lowest BCUT2D eigenvalue weighted by Crippen LogP contribution is -2.39. The molecule has 1 unspecified atom stereocenters. The van der Waals surface area contributed by atoms with E-state index < -0.39 is 9.84 Å². The quantitative estimate of drug-likeness (QED) is 0.708. The number of para-hydroxylation sites is 1. The Morgan fingerprint density at radius 2 is 2.04 bits per heavy atom. The summed E-state index contributed by atoms with van der Waals surface area (Å²) in [5.74, 6) is 0.00159. The van der Waals surface area contributed by atoms with Crippen molar-refractivity contribution in [1.29, 1.82) is 0 Å². The first kappa shape index (κ1) is 17.9. The number of carbonyl (C=O) groups excluding carboxylic acids is 1. The Bertz CT molecular complexity index is 1170. The van der Waals surface area contributed by atoms with E-state index in [-0.39, 0.29) is 22.8 Å². The smallest absolute Gasteiger partial charge is 0.290 e. The van der Waals surface area contributed by atoms with Gasteiger partial charge in [0.05, 0.1) is 22.1 Å². The van der Waals surface area contributed by atoms with Crippen LogP contribution in [0.4, 0.5) is 0 Å². The Balaban J connectivity index is 1.67. The Labute approximate surface area is 161 Å². The van der Waals surface area contributed by atoms with Crippen LogP contribution in [0.5, 0.6) is 0 Å². The minimum Gasteiger partial charge on any atom is -0.333 e. The number of hydrogen-bond donors (Lipinski definition) is 1. The summed E-state index contributed by atoms with van der Waals surface area (Å²) in [6.07, 6.45) is 1.62. The largest absolute Gasteiger partial charge is 0.333 e. The molecule has 4 rings (SSSR count). The fourth-order valence-electron chi connectivity index (χ4n) is 3.38. The van der Waals surface area contributed by atoms with E-state index >= 15 is 0 Å². The third kappa shape index (κ3) is 3.08. The molecule has 0 saturated heterocycles. The van der Waals surface area contributed by atoms with Gasteiger partial charge in [0.25, 0.3) is 5.91 Å². The molecule has 0 bridgehead atoms. The molecule has 1 atom stereocenters. The van der Waals surface area contributed by atoms with Gasteiger partial charge >= 0.3 is 0 Å². The minimum atomic E-state index is -3.36. The number of H-pyrrole nitrogens is 1. The van der Waals surface area contributed by atoms with Gasteiger partial charge in [-0.1, -0.05) is 23.7 Å². The highest BCUT2D eigenvalue weighted by Gasteiger charge is 2.31. The summed E-state index contributed by atoms with van der Waals surface area (Å²) >= 11 is 6.15. The second-order valence-corrected chi connectivity index (χ2v) is 8.97. The van der Waals surface area contributed by atoms with Crippen LogP contribution >= 0.6 is 11.6 Å². The third-order valence-corrected chi connectivity index (χ3v) is 6.10. The van der Waals surface area contributed by atoms with E-state index in [2.05, 4.69) is 15.0 Å². The second kappa shape index (κ2) is 6.31. The maximum absolute atomic E-state index is 13.0. The highest BCUT2D eigenvalue weighted by Crippen LogP contribution is 2.31. The standard InChI is InChI=1S/C18H17ClN4O3S/c1-10-11-6-7-15(27(2,25)26)20-13(11)8-9-23(10)18(24)17-21-14-5-3-4-12(19)16(14)22-17/h3-7,10H,8-9H2,1-2H3,(H,21,22). The molecular weight excluding hydrogens is 388 g/mol. The number of rotatable bonds is 2. The van der Waals surface area contributed by atoms with Crippen LogP contribution in [0, 0.1) is 0 Å². The number of nitrogens with zero attached hydrogens (tertiary/aromatic N) is 3. The molecule has 0 fully saturated rings. The van der Waals surface area contributed by atoms with Crippen molar-refractivity contribution in [2.45, 2.75) is 24.4 Å². The number of hydrogen-bond acceptors (Lipinski definition) is 5. The first-order valence-corrected chi connectivity index (χ1v) is 10.7. The molecule has 3 aromatic rings. The van der Waals surface area contributed by atoms with Gasteiger partial charge in [-0.2, -0.15) is 0 Å². The van der Waals surface area contributed by atoms with Crippen LogP contribution in [0.15, 0.2) is 35.4 Å². The number of aromatic nitrogens is 3. The van der Waals surface area contributed by atoms with Gasteiger partial charge in [-0.05, 0) is 30.7 Å². The fourth-order valence-corrected chi connectivity index (χ4v) is 4.19. The van der Waals surface area contributed by atoms with Crippen LogP contribution in [-0.2, 0) is 16.3 Å². The summed E-state index contributed by atoms with van der Waals surface area (Å²) < 4.78 is 23.4. The van der Waals surface area contributed by atoms with Gasteiger partial charge < -0.3 is 9.88 Å². The second-order valence-electron chi connectivity index (χ2n) is 6.60. The summed E-state index contributed by atoms with van der Waals surface area (Å²) in [5, 5.41) is 0.564. The lowest BCUT2D eigenvalue weighted by atomic mass is 9.98. The van der Waals surface area contributed by atoms with Crippen LogP contribution < -0.4 is 0 Å². The Hall–Kier alpha value is -2.45. The molecule has 3 heterocycles. The Morgan fingerprint density at radius 1 is 1.26 bits per heavy atom. The molecule has 27 heavy (non-hydrogen) atoms. The van der Waals surface area contributed by atoms with E-state index in [0.29, 0.717) is 34.7 Å². The fraction of sp³-hybridized carbons (Fsp3) is 0.278. The Morgan fingerprint density at radius 3 is 2.74 bits per heavy atom. The normalized spacial score (nSPS) is 17.1. The van der Waals surface area contributed by atoms with Crippen LogP contribution in [-0.4, -0.2) is 47.0 Å². The molecule has 0 aliphatic carbocycles. The summed E-state index contributed by atoms with van der Waals surface area (Å²) in [6, 6.07) is 8.29. The molecule has 1 amide bonds. The van der Waals surface area contributed by atoms with Gasteiger partial charge in [0.2, 0.25) is 0 Å².